The van der Waals surface area contributed by atoms with Crippen LogP contribution in [0.5, 0.6) is 0 Å². The Morgan fingerprint density at radius 3 is 1.87 bits per heavy atom. The van der Waals surface area contributed by atoms with Crippen LogP contribution >= 0.6 is 0 Å². The van der Waals surface area contributed by atoms with E-state index in [1.165, 1.54) is 5.01 Å². The van der Waals surface area contributed by atoms with Crippen LogP contribution < -0.4 is 11.6 Å². The highest BCUT2D eigenvalue weighted by Crippen LogP contribution is 2.03. The highest BCUT2D eigenvalue weighted by atomic mass is 15.4. The topological polar surface area (TPSA) is 97.0 Å². The number of benzene rings is 2. The lowest BCUT2D eigenvalue weighted by Crippen LogP contribution is -2.22. The Labute approximate surface area is 136 Å². The van der Waals surface area contributed by atoms with E-state index in [0.29, 0.717) is 0 Å². The van der Waals surface area contributed by atoms with Crippen molar-refractivity contribution in [3.05, 3.63) is 79.1 Å². The number of aromatic nitrogens is 2. The van der Waals surface area contributed by atoms with Crippen LogP contribution in [0.3, 0.4) is 0 Å². The van der Waals surface area contributed by atoms with Crippen LogP contribution in [0, 0.1) is 5.41 Å². The number of anilines is 1. The summed E-state index contributed by atoms with van der Waals surface area (Å²) in [5.74, 6) is 4.88. The van der Waals surface area contributed by atoms with Gasteiger partial charge in [-0.05, 0) is 30.3 Å². The molecule has 3 rings (SSSR count). The minimum Gasteiger partial charge on any atom is -0.399 e. The highest BCUT2D eigenvalue weighted by molar-refractivity contribution is 5.48. The van der Waals surface area contributed by atoms with Gasteiger partial charge in [-0.1, -0.05) is 36.4 Å². The number of rotatable bonds is 2. The molecule has 0 atom stereocenters. The van der Waals surface area contributed by atoms with Crippen molar-refractivity contribution in [1.82, 2.24) is 14.8 Å². The zero-order valence-corrected chi connectivity index (χ0v) is 13.1. The van der Waals surface area contributed by atoms with Crippen molar-refractivity contribution in [2.45, 2.75) is 0 Å². The van der Waals surface area contributed by atoms with Crippen LogP contribution in [-0.4, -0.2) is 28.2 Å². The molecule has 0 bridgehead atoms. The zero-order valence-electron chi connectivity index (χ0n) is 13.1. The van der Waals surface area contributed by atoms with Gasteiger partial charge in [-0.2, -0.15) is 5.10 Å². The number of nitrogens with zero attached hydrogens (tertiary/aromatic N) is 3. The lowest BCUT2D eigenvalue weighted by Gasteiger charge is -1.97. The Balaban J connectivity index is 0.000000191. The molecule has 0 unspecified atom stereocenters. The molecule has 5 N–H and O–H groups in total. The minimum atomic E-state index is 0.822. The van der Waals surface area contributed by atoms with Gasteiger partial charge >= 0.3 is 0 Å². The Kier molecular flexibility index (Phi) is 8.25. The summed E-state index contributed by atoms with van der Waals surface area (Å²) in [6.45, 7) is 0. The fourth-order valence-corrected chi connectivity index (χ4v) is 1.46. The first-order valence-corrected chi connectivity index (χ1v) is 6.97. The van der Waals surface area contributed by atoms with E-state index in [1.54, 1.807) is 13.2 Å². The summed E-state index contributed by atoms with van der Waals surface area (Å²) in [6, 6.07) is 21.4. The van der Waals surface area contributed by atoms with E-state index in [1.807, 2.05) is 77.6 Å². The molecular formula is C17H22N6. The largest absolute Gasteiger partial charge is 0.399 e. The van der Waals surface area contributed by atoms with Crippen LogP contribution in [0.4, 0.5) is 5.69 Å². The van der Waals surface area contributed by atoms with Gasteiger partial charge in [0.15, 0.2) is 0 Å². The second kappa shape index (κ2) is 10.6. The number of nitrogens with one attached hydrogen (secondary N) is 1. The first-order chi connectivity index (χ1) is 11.1. The quantitative estimate of drug-likeness (QED) is 0.223. The van der Waals surface area contributed by atoms with E-state index >= 15 is 0 Å². The third kappa shape index (κ3) is 8.03. The van der Waals surface area contributed by atoms with Crippen molar-refractivity contribution in [2.75, 3.05) is 12.8 Å². The number of hydrazine groups is 1. The summed E-state index contributed by atoms with van der Waals surface area (Å²) < 4.78 is 1.83. The van der Waals surface area contributed by atoms with Gasteiger partial charge in [0.1, 0.15) is 0 Å². The summed E-state index contributed by atoms with van der Waals surface area (Å²) in [4.78, 5) is 0. The molecule has 0 saturated heterocycles. The van der Waals surface area contributed by atoms with E-state index in [4.69, 9.17) is 17.0 Å². The molecular weight excluding hydrogens is 288 g/mol. The van der Waals surface area contributed by atoms with Gasteiger partial charge in [-0.25, -0.2) is 10.5 Å². The fourth-order valence-electron chi connectivity index (χ4n) is 1.46. The molecule has 23 heavy (non-hydrogen) atoms. The van der Waals surface area contributed by atoms with E-state index in [0.717, 1.165) is 17.7 Å². The molecule has 1 aromatic heterocycles. The predicted molar refractivity (Wildman–Crippen MR) is 95.2 cm³/mol. The van der Waals surface area contributed by atoms with Gasteiger partial charge in [0, 0.05) is 25.1 Å². The van der Waals surface area contributed by atoms with E-state index in [9.17, 15) is 0 Å². The van der Waals surface area contributed by atoms with Crippen LogP contribution in [0.25, 0.3) is 5.69 Å². The number of hydrogen-bond acceptors (Lipinski definition) is 4. The molecule has 0 fully saturated rings. The highest BCUT2D eigenvalue weighted by Gasteiger charge is 1.90. The summed E-state index contributed by atoms with van der Waals surface area (Å²) in [7, 11) is 1.59. The maximum absolute atomic E-state index is 6.33. The van der Waals surface area contributed by atoms with Crippen molar-refractivity contribution in [2.24, 2.45) is 5.84 Å². The normalized spacial score (nSPS) is 8.78. The number of nitrogen functional groups attached to an aromatic ring is 1. The van der Waals surface area contributed by atoms with Gasteiger partial charge in [0.05, 0.1) is 12.0 Å². The standard InChI is InChI=1S/C9H8N2.C6H7N.C2H7N3/c1-2-5-9(6-3-1)11-8-4-7-10-11;7-6-4-2-1-3-5-6;1-5(4)2-3/h1-8H;1-5H,7H2;2-3H,4H2,1H3. The summed E-state index contributed by atoms with van der Waals surface area (Å²) in [5.41, 5.74) is 7.27. The first kappa shape index (κ1) is 17.9. The monoisotopic (exact) mass is 310 g/mol. The van der Waals surface area contributed by atoms with E-state index < -0.39 is 0 Å². The van der Waals surface area contributed by atoms with Gasteiger partial charge in [0.25, 0.3) is 0 Å². The number of para-hydroxylation sites is 2. The third-order valence-corrected chi connectivity index (χ3v) is 2.53. The predicted octanol–water partition coefficient (Wildman–Crippen LogP) is 2.54. The SMILES string of the molecule is CN(N)C=N.Nc1ccccc1.c1ccc(-n2cccn2)cc1. The lowest BCUT2D eigenvalue weighted by atomic mass is 10.3. The molecule has 1 heterocycles. The van der Waals surface area contributed by atoms with Gasteiger partial charge < -0.3 is 10.7 Å². The molecule has 0 aliphatic rings. The number of nitrogens with two attached hydrogens (primary N) is 2. The molecule has 0 aliphatic heterocycles. The summed E-state index contributed by atoms with van der Waals surface area (Å²) in [6.07, 6.45) is 4.72. The second-order valence-electron chi connectivity index (χ2n) is 4.49. The minimum absolute atomic E-state index is 0.822. The first-order valence-electron chi connectivity index (χ1n) is 6.97. The van der Waals surface area contributed by atoms with Crippen LogP contribution in [-0.2, 0) is 0 Å². The van der Waals surface area contributed by atoms with Crippen molar-refractivity contribution >= 4 is 12.0 Å². The summed E-state index contributed by atoms with van der Waals surface area (Å²) >= 11 is 0. The average molecular weight is 310 g/mol. The van der Waals surface area contributed by atoms with Crippen LogP contribution in [0.2, 0.25) is 0 Å². The molecule has 0 aliphatic carbocycles. The molecule has 6 nitrogen and oxygen atoms in total. The Bertz CT molecular complexity index is 635. The lowest BCUT2D eigenvalue weighted by molar-refractivity contribution is 0.553. The van der Waals surface area contributed by atoms with E-state index in [2.05, 4.69) is 5.10 Å². The van der Waals surface area contributed by atoms with Gasteiger partial charge in [-0.3, -0.25) is 5.41 Å². The summed E-state index contributed by atoms with van der Waals surface area (Å²) in [5, 5.41) is 11.6. The zero-order chi connectivity index (χ0) is 16.9. The molecule has 6 heteroatoms. The average Bonchev–Trinajstić information content (AvgIpc) is 3.12. The Morgan fingerprint density at radius 1 is 1.00 bits per heavy atom. The van der Waals surface area contributed by atoms with Crippen LogP contribution in [0.15, 0.2) is 79.1 Å². The van der Waals surface area contributed by atoms with E-state index in [-0.39, 0.29) is 0 Å². The smallest absolute Gasteiger partial charge is 0.0955 e. The van der Waals surface area contributed by atoms with Gasteiger partial charge in [0.2, 0.25) is 0 Å². The van der Waals surface area contributed by atoms with Crippen molar-refractivity contribution in [3.8, 4) is 5.69 Å². The molecule has 0 saturated carbocycles. The molecule has 3 aromatic rings. The Morgan fingerprint density at radius 2 is 1.52 bits per heavy atom. The number of hydrogen-bond donors (Lipinski definition) is 3. The molecule has 0 spiro atoms. The molecule has 0 radical (unpaired) electrons. The maximum atomic E-state index is 6.33. The van der Waals surface area contributed by atoms with Crippen molar-refractivity contribution in [1.29, 1.82) is 5.41 Å². The second-order valence-corrected chi connectivity index (χ2v) is 4.49. The fraction of sp³-hybridized carbons (Fsp3) is 0.0588. The molecule has 0 amide bonds. The maximum Gasteiger partial charge on any atom is 0.0955 e. The van der Waals surface area contributed by atoms with Gasteiger partial charge in [-0.15, -0.1) is 0 Å². The van der Waals surface area contributed by atoms with Crippen molar-refractivity contribution in [3.63, 3.8) is 0 Å². The van der Waals surface area contributed by atoms with Crippen LogP contribution in [0.1, 0.15) is 0 Å². The van der Waals surface area contributed by atoms with Crippen molar-refractivity contribution < 1.29 is 0 Å². The molecule has 120 valence electrons. The Hall–Kier alpha value is -3.12. The molecule has 2 aromatic carbocycles. The third-order valence-electron chi connectivity index (χ3n) is 2.53.